The fourth-order valence-corrected chi connectivity index (χ4v) is 5.04. The summed E-state index contributed by atoms with van der Waals surface area (Å²) in [6, 6.07) is 20.9. The molecule has 0 fully saturated rings. The highest BCUT2D eigenvalue weighted by atomic mass is 35.5. The molecule has 1 N–H and O–H groups in total. The third-order valence-corrected chi connectivity index (χ3v) is 6.74. The van der Waals surface area contributed by atoms with Crippen molar-refractivity contribution in [3.63, 3.8) is 0 Å². The Hall–Kier alpha value is -1.98. The molecule has 0 spiro atoms. The van der Waals surface area contributed by atoms with Crippen molar-refractivity contribution in [2.75, 3.05) is 5.75 Å². The molecule has 0 aliphatic rings. The van der Waals surface area contributed by atoms with Crippen molar-refractivity contribution in [3.05, 3.63) is 95.0 Å². The van der Waals surface area contributed by atoms with E-state index in [0.717, 1.165) is 17.7 Å². The van der Waals surface area contributed by atoms with Gasteiger partial charge in [-0.05, 0) is 59.7 Å². The zero-order valence-corrected chi connectivity index (χ0v) is 19.0. The van der Waals surface area contributed by atoms with Gasteiger partial charge >= 0.3 is 0 Å². The number of aromatic nitrogens is 2. The first-order valence-electron chi connectivity index (χ1n) is 9.90. The van der Waals surface area contributed by atoms with E-state index in [0.29, 0.717) is 10.0 Å². The van der Waals surface area contributed by atoms with E-state index in [1.807, 2.05) is 47.1 Å². The highest BCUT2D eigenvalue weighted by Gasteiger charge is 2.18. The average Bonchev–Trinajstić information content (AvgIpc) is 3.28. The lowest BCUT2D eigenvalue weighted by molar-refractivity contribution is 0.371. The van der Waals surface area contributed by atoms with E-state index in [4.69, 9.17) is 23.2 Å². The van der Waals surface area contributed by atoms with Crippen molar-refractivity contribution < 1.29 is 0 Å². The van der Waals surface area contributed by atoms with Gasteiger partial charge in [-0.25, -0.2) is 4.98 Å². The van der Waals surface area contributed by atoms with E-state index in [-0.39, 0.29) is 12.2 Å². The van der Waals surface area contributed by atoms with Crippen LogP contribution in [0.2, 0.25) is 10.0 Å². The third kappa shape index (κ3) is 5.19. The maximum absolute atomic E-state index is 6.54. The van der Waals surface area contributed by atoms with Crippen molar-refractivity contribution in [2.24, 2.45) is 0 Å². The molecule has 3 aromatic carbocycles. The molecule has 0 saturated carbocycles. The van der Waals surface area contributed by atoms with Crippen LogP contribution in [0, 0.1) is 0 Å². The molecule has 4 aromatic rings. The molecule has 2 unspecified atom stereocenters. The smallest absolute Gasteiger partial charge is 0.0959 e. The normalized spacial score (nSPS) is 13.4. The second kappa shape index (κ2) is 9.88. The Labute approximate surface area is 191 Å². The Bertz CT molecular complexity index is 1110. The molecule has 30 heavy (non-hydrogen) atoms. The summed E-state index contributed by atoms with van der Waals surface area (Å²) < 4.78 is 2.05. The van der Waals surface area contributed by atoms with Crippen molar-refractivity contribution in [1.82, 2.24) is 14.9 Å². The minimum atomic E-state index is 0.0925. The average molecular weight is 456 g/mol. The Morgan fingerprint density at radius 2 is 1.87 bits per heavy atom. The van der Waals surface area contributed by atoms with E-state index < -0.39 is 0 Å². The summed E-state index contributed by atoms with van der Waals surface area (Å²) in [7, 11) is 0. The zero-order chi connectivity index (χ0) is 20.9. The number of hydrogen-bond donors (Lipinski definition) is 1. The monoisotopic (exact) mass is 455 g/mol. The summed E-state index contributed by atoms with van der Waals surface area (Å²) in [5.74, 6) is 0.964. The molecule has 0 saturated heterocycles. The van der Waals surface area contributed by atoms with Gasteiger partial charge in [0.05, 0.1) is 12.5 Å². The van der Waals surface area contributed by atoms with Gasteiger partial charge in [-0.2, -0.15) is 0 Å². The van der Waals surface area contributed by atoms with Gasteiger partial charge in [-0.15, -0.1) is 11.8 Å². The number of nitrogens with zero attached hydrogens (tertiary/aromatic N) is 2. The summed E-state index contributed by atoms with van der Waals surface area (Å²) in [6.07, 6.45) is 6.59. The number of benzene rings is 3. The van der Waals surface area contributed by atoms with Gasteiger partial charge in [0, 0.05) is 33.4 Å². The van der Waals surface area contributed by atoms with E-state index in [1.54, 1.807) is 6.20 Å². The topological polar surface area (TPSA) is 29.9 Å². The quantitative estimate of drug-likeness (QED) is 0.281. The van der Waals surface area contributed by atoms with Crippen LogP contribution in [0.25, 0.3) is 10.8 Å². The van der Waals surface area contributed by atoms with E-state index in [2.05, 4.69) is 59.7 Å². The Morgan fingerprint density at radius 3 is 2.63 bits per heavy atom. The number of nitrogens with one attached hydrogen (secondary N) is 1. The molecule has 3 nitrogen and oxygen atoms in total. The third-order valence-electron chi connectivity index (χ3n) is 5.15. The van der Waals surface area contributed by atoms with E-state index in [9.17, 15) is 0 Å². The summed E-state index contributed by atoms with van der Waals surface area (Å²) >= 11 is 14.5. The molecule has 6 heteroatoms. The van der Waals surface area contributed by atoms with Crippen LogP contribution in [-0.2, 0) is 0 Å². The van der Waals surface area contributed by atoms with Crippen molar-refractivity contribution in [2.45, 2.75) is 30.4 Å². The minimum Gasteiger partial charge on any atom is -0.322 e. The van der Waals surface area contributed by atoms with Crippen LogP contribution in [0.3, 0.4) is 0 Å². The predicted octanol–water partition coefficient (Wildman–Crippen LogP) is 7.37. The van der Waals surface area contributed by atoms with Crippen molar-refractivity contribution in [3.8, 4) is 0 Å². The molecular weight excluding hydrogens is 433 g/mol. The number of rotatable bonds is 8. The molecule has 1 heterocycles. The SMILES string of the molecule is CC(NC(CCSc1ccc2ccccc2c1)c1ccc(Cl)cc1Cl)n1ccnc1. The lowest BCUT2D eigenvalue weighted by atomic mass is 10.0. The molecular formula is C24H23Cl2N3S. The Morgan fingerprint density at radius 1 is 1.03 bits per heavy atom. The first-order chi connectivity index (χ1) is 14.6. The minimum absolute atomic E-state index is 0.0925. The molecule has 154 valence electrons. The molecule has 0 amide bonds. The zero-order valence-electron chi connectivity index (χ0n) is 16.6. The fraction of sp³-hybridized carbons (Fsp3) is 0.208. The van der Waals surface area contributed by atoms with Gasteiger partial charge in [0.2, 0.25) is 0 Å². The molecule has 4 rings (SSSR count). The van der Waals surface area contributed by atoms with Gasteiger partial charge in [0.25, 0.3) is 0 Å². The number of halogens is 2. The Balaban J connectivity index is 1.48. The second-order valence-electron chi connectivity index (χ2n) is 7.22. The standard InChI is InChI=1S/C24H23Cl2N3S/c1-17(29-12-11-27-16-29)28-24(22-9-7-20(25)15-23(22)26)10-13-30-21-8-6-18-4-2-3-5-19(18)14-21/h2-9,11-12,14-17,24,28H,10,13H2,1H3. The predicted molar refractivity (Wildman–Crippen MR) is 129 cm³/mol. The molecule has 0 bridgehead atoms. The summed E-state index contributed by atoms with van der Waals surface area (Å²) in [6.45, 7) is 2.12. The van der Waals surface area contributed by atoms with Crippen LogP contribution in [0.1, 0.15) is 31.1 Å². The number of imidazole rings is 1. The van der Waals surface area contributed by atoms with Crippen LogP contribution in [-0.4, -0.2) is 15.3 Å². The van der Waals surface area contributed by atoms with Crippen LogP contribution < -0.4 is 5.32 Å². The van der Waals surface area contributed by atoms with Crippen LogP contribution in [0.15, 0.2) is 84.3 Å². The summed E-state index contributed by atoms with van der Waals surface area (Å²) in [5, 5.41) is 7.57. The van der Waals surface area contributed by atoms with Crippen molar-refractivity contribution >= 4 is 45.7 Å². The lowest BCUT2D eigenvalue weighted by Crippen LogP contribution is -2.28. The molecule has 1 aromatic heterocycles. The van der Waals surface area contributed by atoms with Crippen LogP contribution >= 0.6 is 35.0 Å². The fourth-order valence-electron chi connectivity index (χ4n) is 3.54. The second-order valence-corrected chi connectivity index (χ2v) is 9.23. The molecule has 0 radical (unpaired) electrons. The summed E-state index contributed by atoms with van der Waals surface area (Å²) in [5.41, 5.74) is 1.06. The number of thioether (sulfide) groups is 1. The van der Waals surface area contributed by atoms with Gasteiger partial charge in [-0.1, -0.05) is 59.6 Å². The molecule has 0 aliphatic carbocycles. The van der Waals surface area contributed by atoms with Gasteiger partial charge in [0.1, 0.15) is 0 Å². The number of fused-ring (bicyclic) bond motifs is 1. The van der Waals surface area contributed by atoms with Gasteiger partial charge < -0.3 is 4.57 Å². The maximum Gasteiger partial charge on any atom is 0.0959 e. The van der Waals surface area contributed by atoms with Gasteiger partial charge in [0.15, 0.2) is 0 Å². The largest absolute Gasteiger partial charge is 0.322 e. The highest BCUT2D eigenvalue weighted by molar-refractivity contribution is 7.99. The van der Waals surface area contributed by atoms with E-state index in [1.165, 1.54) is 15.7 Å². The molecule has 0 aliphatic heterocycles. The lowest BCUT2D eigenvalue weighted by Gasteiger charge is -2.25. The maximum atomic E-state index is 6.54. The Kier molecular flexibility index (Phi) is 7.00. The molecule has 2 atom stereocenters. The van der Waals surface area contributed by atoms with Gasteiger partial charge in [-0.3, -0.25) is 5.32 Å². The highest BCUT2D eigenvalue weighted by Crippen LogP contribution is 2.32. The summed E-state index contributed by atoms with van der Waals surface area (Å²) in [4.78, 5) is 5.43. The number of hydrogen-bond acceptors (Lipinski definition) is 3. The van der Waals surface area contributed by atoms with Crippen LogP contribution in [0.4, 0.5) is 0 Å². The first-order valence-corrected chi connectivity index (χ1v) is 11.6. The van der Waals surface area contributed by atoms with Crippen LogP contribution in [0.5, 0.6) is 0 Å². The first kappa shape index (κ1) is 21.3. The van der Waals surface area contributed by atoms with E-state index >= 15 is 0 Å². The van der Waals surface area contributed by atoms with Crippen molar-refractivity contribution in [1.29, 1.82) is 0 Å².